The van der Waals surface area contributed by atoms with Gasteiger partial charge in [-0.05, 0) is 74.8 Å². The quantitative estimate of drug-likeness (QED) is 0.190. The Hall–Kier alpha value is -6.44. The maximum atomic E-state index is 7.50. The predicted octanol–water partition coefficient (Wildman–Crippen LogP) is 11.9. The number of fused-ring (bicyclic) bond motifs is 9. The van der Waals surface area contributed by atoms with Crippen molar-refractivity contribution in [3.8, 4) is 33.4 Å². The number of benzene rings is 6. The standard InChI is InChI=1S/C43H24N2O2/c1-44-29-22-23-32-35(24-29)30-8-2-3-9-31(30)38(32)27-18-14-25(15-19-27)26-16-20-28(21-17-26)39-42-40(33-10-4-6-12-36(33)46-42)45-41-34-11-5-7-13-37(34)47-43(39)41/h2-24,38H. The highest BCUT2D eigenvalue weighted by atomic mass is 16.3. The molecular weight excluding hydrogens is 576 g/mol. The number of hydrogen-bond acceptors (Lipinski definition) is 3. The normalized spacial score (nSPS) is 13.7. The second-order valence-electron chi connectivity index (χ2n) is 12.1. The van der Waals surface area contributed by atoms with Crippen molar-refractivity contribution >= 4 is 49.8 Å². The average Bonchev–Trinajstić information content (AvgIpc) is 3.80. The molecule has 10 rings (SSSR count). The Morgan fingerprint density at radius 3 is 1.74 bits per heavy atom. The fourth-order valence-corrected chi connectivity index (χ4v) is 7.42. The first kappa shape index (κ1) is 25.8. The van der Waals surface area contributed by atoms with Gasteiger partial charge in [0.15, 0.2) is 16.9 Å². The van der Waals surface area contributed by atoms with Crippen molar-refractivity contribution in [3.05, 3.63) is 168 Å². The molecule has 0 radical (unpaired) electrons. The summed E-state index contributed by atoms with van der Waals surface area (Å²) in [5, 5.41) is 1.99. The fraction of sp³-hybridized carbons (Fsp3) is 0.0233. The third-order valence-corrected chi connectivity index (χ3v) is 9.61. The lowest BCUT2D eigenvalue weighted by Crippen LogP contribution is -1.98. The topological polar surface area (TPSA) is 43.5 Å². The van der Waals surface area contributed by atoms with Crippen LogP contribution in [0.15, 0.2) is 148 Å². The highest BCUT2D eigenvalue weighted by molar-refractivity contribution is 6.18. The second kappa shape index (κ2) is 9.78. The molecule has 3 heterocycles. The van der Waals surface area contributed by atoms with E-state index in [0.717, 1.165) is 72.0 Å². The highest BCUT2D eigenvalue weighted by Gasteiger charge is 2.30. The molecule has 0 fully saturated rings. The zero-order chi connectivity index (χ0) is 31.1. The van der Waals surface area contributed by atoms with E-state index in [-0.39, 0.29) is 5.92 Å². The molecule has 1 aliphatic carbocycles. The van der Waals surface area contributed by atoms with Gasteiger partial charge in [-0.25, -0.2) is 9.83 Å². The van der Waals surface area contributed by atoms with E-state index < -0.39 is 0 Å². The average molecular weight is 601 g/mol. The van der Waals surface area contributed by atoms with Crippen LogP contribution in [0.4, 0.5) is 5.69 Å². The molecule has 0 spiro atoms. The maximum absolute atomic E-state index is 7.50. The summed E-state index contributed by atoms with van der Waals surface area (Å²) in [6, 6.07) is 48.3. The van der Waals surface area contributed by atoms with Crippen LogP contribution < -0.4 is 0 Å². The first-order chi connectivity index (χ1) is 23.2. The smallest absolute Gasteiger partial charge is 0.187 e. The third kappa shape index (κ3) is 3.78. The van der Waals surface area contributed by atoms with Gasteiger partial charge in [-0.2, -0.15) is 0 Å². The number of rotatable bonds is 3. The summed E-state index contributed by atoms with van der Waals surface area (Å²) in [6.45, 7) is 7.50. The molecule has 6 aromatic carbocycles. The van der Waals surface area contributed by atoms with Gasteiger partial charge < -0.3 is 8.83 Å². The lowest BCUT2D eigenvalue weighted by atomic mass is 9.88. The largest absolute Gasteiger partial charge is 0.454 e. The Kier molecular flexibility index (Phi) is 5.38. The van der Waals surface area contributed by atoms with E-state index in [0.29, 0.717) is 5.69 Å². The monoisotopic (exact) mass is 600 g/mol. The van der Waals surface area contributed by atoms with E-state index in [1.165, 1.54) is 22.3 Å². The van der Waals surface area contributed by atoms with Crippen LogP contribution >= 0.6 is 0 Å². The number of hydrogen-bond donors (Lipinski definition) is 0. The van der Waals surface area contributed by atoms with Crippen molar-refractivity contribution in [2.45, 2.75) is 5.92 Å². The van der Waals surface area contributed by atoms with Crippen LogP contribution in [0.5, 0.6) is 0 Å². The van der Waals surface area contributed by atoms with Crippen molar-refractivity contribution in [3.63, 3.8) is 0 Å². The predicted molar refractivity (Wildman–Crippen MR) is 189 cm³/mol. The Morgan fingerprint density at radius 2 is 1.09 bits per heavy atom. The molecule has 47 heavy (non-hydrogen) atoms. The molecule has 0 bridgehead atoms. The Labute approximate surface area is 270 Å². The molecule has 9 aromatic rings. The van der Waals surface area contributed by atoms with Crippen molar-refractivity contribution in [2.24, 2.45) is 0 Å². The van der Waals surface area contributed by atoms with Gasteiger partial charge in [0.05, 0.1) is 12.1 Å². The lowest BCUT2D eigenvalue weighted by Gasteiger charge is -2.15. The fourth-order valence-electron chi connectivity index (χ4n) is 7.42. The summed E-state index contributed by atoms with van der Waals surface area (Å²) in [6.07, 6.45) is 0. The molecule has 3 aromatic heterocycles. The molecule has 0 saturated carbocycles. The molecule has 1 unspecified atom stereocenters. The van der Waals surface area contributed by atoms with E-state index in [9.17, 15) is 0 Å². The number of pyridine rings is 1. The zero-order valence-corrected chi connectivity index (χ0v) is 25.1. The van der Waals surface area contributed by atoms with E-state index >= 15 is 0 Å². The van der Waals surface area contributed by atoms with Crippen molar-refractivity contribution in [1.82, 2.24) is 4.98 Å². The molecule has 1 atom stereocenters. The SMILES string of the molecule is [C-]#[N+]c1ccc2c(c1)-c1ccccc1C2c1ccc(-c2ccc(-c3c4oc5ccccc5c4nc4c3oc3ccccc34)cc2)cc1. The molecule has 218 valence electrons. The summed E-state index contributed by atoms with van der Waals surface area (Å²) in [4.78, 5) is 8.76. The van der Waals surface area contributed by atoms with Gasteiger partial charge in [0.2, 0.25) is 0 Å². The number of para-hydroxylation sites is 2. The van der Waals surface area contributed by atoms with Gasteiger partial charge in [-0.1, -0.05) is 109 Å². The lowest BCUT2D eigenvalue weighted by molar-refractivity contribution is 0.657. The maximum Gasteiger partial charge on any atom is 0.187 e. The minimum atomic E-state index is 0.140. The van der Waals surface area contributed by atoms with Gasteiger partial charge in [0, 0.05) is 16.7 Å². The molecule has 1 aliphatic rings. The van der Waals surface area contributed by atoms with E-state index in [2.05, 4.69) is 95.8 Å². The van der Waals surface area contributed by atoms with Gasteiger partial charge in [0.1, 0.15) is 22.2 Å². The van der Waals surface area contributed by atoms with Crippen molar-refractivity contribution in [2.75, 3.05) is 0 Å². The summed E-state index contributed by atoms with van der Waals surface area (Å²) >= 11 is 0. The first-order valence-electron chi connectivity index (χ1n) is 15.7. The molecule has 4 nitrogen and oxygen atoms in total. The van der Waals surface area contributed by atoms with Gasteiger partial charge in [0.25, 0.3) is 0 Å². The van der Waals surface area contributed by atoms with Crippen LogP contribution in [0.25, 0.3) is 82.4 Å². The van der Waals surface area contributed by atoms with Crippen molar-refractivity contribution < 1.29 is 8.83 Å². The minimum absolute atomic E-state index is 0.140. The third-order valence-electron chi connectivity index (χ3n) is 9.61. The van der Waals surface area contributed by atoms with Crippen LogP contribution in [0.1, 0.15) is 22.6 Å². The number of aromatic nitrogens is 1. The summed E-state index contributed by atoms with van der Waals surface area (Å²) < 4.78 is 12.9. The molecule has 4 heteroatoms. The molecule has 0 amide bonds. The number of furan rings is 2. The Balaban J connectivity index is 1.06. The van der Waals surface area contributed by atoms with E-state index in [1.54, 1.807) is 0 Å². The van der Waals surface area contributed by atoms with Crippen LogP contribution in [0, 0.1) is 6.57 Å². The van der Waals surface area contributed by atoms with E-state index in [4.69, 9.17) is 20.4 Å². The minimum Gasteiger partial charge on any atom is -0.454 e. The highest BCUT2D eigenvalue weighted by Crippen LogP contribution is 2.49. The van der Waals surface area contributed by atoms with Crippen LogP contribution in [-0.2, 0) is 0 Å². The van der Waals surface area contributed by atoms with Gasteiger partial charge in [-0.3, -0.25) is 0 Å². The zero-order valence-electron chi connectivity index (χ0n) is 25.1. The first-order valence-corrected chi connectivity index (χ1v) is 15.7. The van der Waals surface area contributed by atoms with Gasteiger partial charge >= 0.3 is 0 Å². The summed E-state index contributed by atoms with van der Waals surface area (Å²) in [5.74, 6) is 0.140. The van der Waals surface area contributed by atoms with Crippen molar-refractivity contribution in [1.29, 1.82) is 0 Å². The van der Waals surface area contributed by atoms with Crippen LogP contribution in [0.3, 0.4) is 0 Å². The Bertz CT molecular complexity index is 2650. The van der Waals surface area contributed by atoms with Gasteiger partial charge in [-0.15, -0.1) is 0 Å². The van der Waals surface area contributed by atoms with Crippen LogP contribution in [0.2, 0.25) is 0 Å². The molecular formula is C43H24N2O2. The van der Waals surface area contributed by atoms with Crippen LogP contribution in [-0.4, -0.2) is 4.98 Å². The Morgan fingerprint density at radius 1 is 0.532 bits per heavy atom. The molecule has 0 saturated heterocycles. The van der Waals surface area contributed by atoms with E-state index in [1.807, 2.05) is 48.5 Å². The second-order valence-corrected chi connectivity index (χ2v) is 12.1. The summed E-state index contributed by atoms with van der Waals surface area (Å²) in [5.41, 5.74) is 15.8. The molecule has 0 N–H and O–H groups in total. The summed E-state index contributed by atoms with van der Waals surface area (Å²) in [7, 11) is 0. The number of nitrogens with zero attached hydrogens (tertiary/aromatic N) is 2. The molecule has 0 aliphatic heterocycles.